The van der Waals surface area contributed by atoms with Crippen molar-refractivity contribution in [3.05, 3.63) is 40.5 Å². The molecule has 0 aromatic heterocycles. The molecular weight excluding hydrogens is 370 g/mol. The number of carbonyl (C=O) groups excluding carboxylic acids is 1. The van der Waals surface area contributed by atoms with E-state index in [2.05, 4.69) is 4.99 Å². The standard InChI is InChI=1S/C18H19F4NO4/c1-2-27-17(26)11(9-23-18(6-7-24)4-3-5-18)16(25)10-8-12(19)14(21)15(22)13(10)20/h8-9,24-25H,2-7H2,1H3/b16-11-,23-9?. The van der Waals surface area contributed by atoms with Crippen LogP contribution in [0.5, 0.6) is 0 Å². The molecule has 0 radical (unpaired) electrons. The number of ether oxygens (including phenoxy) is 1. The molecule has 1 saturated carbocycles. The van der Waals surface area contributed by atoms with Gasteiger partial charge in [-0.1, -0.05) is 0 Å². The first kappa shape index (κ1) is 20.9. The van der Waals surface area contributed by atoms with Crippen molar-refractivity contribution in [2.24, 2.45) is 4.99 Å². The Bertz CT molecular complexity index is 788. The van der Waals surface area contributed by atoms with E-state index in [1.54, 1.807) is 0 Å². The molecule has 0 spiro atoms. The van der Waals surface area contributed by atoms with Crippen LogP contribution in [-0.4, -0.2) is 41.1 Å². The summed E-state index contributed by atoms with van der Waals surface area (Å²) < 4.78 is 58.8. The summed E-state index contributed by atoms with van der Waals surface area (Å²) in [7, 11) is 0. The fourth-order valence-corrected chi connectivity index (χ4v) is 2.75. The topological polar surface area (TPSA) is 79.1 Å². The molecule has 1 aromatic rings. The molecule has 5 nitrogen and oxygen atoms in total. The number of hydrogen-bond donors (Lipinski definition) is 2. The molecule has 1 fully saturated rings. The lowest BCUT2D eigenvalue weighted by Crippen LogP contribution is -2.36. The first-order chi connectivity index (χ1) is 12.8. The first-order valence-corrected chi connectivity index (χ1v) is 8.36. The van der Waals surface area contributed by atoms with Crippen LogP contribution in [0.1, 0.15) is 38.2 Å². The van der Waals surface area contributed by atoms with Crippen LogP contribution in [0.25, 0.3) is 5.76 Å². The fraction of sp³-hybridized carbons (Fsp3) is 0.444. The lowest BCUT2D eigenvalue weighted by Gasteiger charge is -2.37. The number of aliphatic hydroxyl groups excluding tert-OH is 2. The van der Waals surface area contributed by atoms with Crippen LogP contribution in [0.4, 0.5) is 17.6 Å². The van der Waals surface area contributed by atoms with Crippen molar-refractivity contribution in [1.82, 2.24) is 0 Å². The Morgan fingerprint density at radius 2 is 1.93 bits per heavy atom. The number of aliphatic hydroxyl groups is 2. The highest BCUT2D eigenvalue weighted by atomic mass is 19.2. The molecule has 0 amide bonds. The second-order valence-electron chi connectivity index (χ2n) is 6.14. The van der Waals surface area contributed by atoms with E-state index >= 15 is 0 Å². The van der Waals surface area contributed by atoms with Crippen LogP contribution in [0, 0.1) is 23.3 Å². The zero-order valence-electron chi connectivity index (χ0n) is 14.6. The minimum absolute atomic E-state index is 0.0835. The minimum atomic E-state index is -2.12. The van der Waals surface area contributed by atoms with Crippen molar-refractivity contribution < 1.29 is 37.3 Å². The molecule has 2 rings (SSSR count). The Morgan fingerprint density at radius 1 is 1.26 bits per heavy atom. The summed E-state index contributed by atoms with van der Waals surface area (Å²) in [6, 6.07) is 0.239. The Balaban J connectivity index is 2.54. The quantitative estimate of drug-likeness (QED) is 0.142. The number of rotatable bonds is 7. The van der Waals surface area contributed by atoms with Crippen molar-refractivity contribution in [3.8, 4) is 0 Å². The third-order valence-corrected chi connectivity index (χ3v) is 4.44. The summed E-state index contributed by atoms with van der Waals surface area (Å²) in [5.41, 5.74) is -2.30. The fourth-order valence-electron chi connectivity index (χ4n) is 2.75. The van der Waals surface area contributed by atoms with Gasteiger partial charge in [0.1, 0.15) is 11.3 Å². The molecule has 0 saturated heterocycles. The molecule has 1 aromatic carbocycles. The number of nitrogens with zero attached hydrogens (tertiary/aromatic N) is 1. The summed E-state index contributed by atoms with van der Waals surface area (Å²) in [6.45, 7) is 1.26. The molecule has 0 atom stereocenters. The molecule has 0 bridgehead atoms. The van der Waals surface area contributed by atoms with Gasteiger partial charge in [0.2, 0.25) is 0 Å². The second-order valence-corrected chi connectivity index (χ2v) is 6.14. The highest BCUT2D eigenvalue weighted by Gasteiger charge is 2.36. The normalized spacial score (nSPS) is 16.8. The highest BCUT2D eigenvalue weighted by Crippen LogP contribution is 2.38. The molecule has 27 heavy (non-hydrogen) atoms. The van der Waals surface area contributed by atoms with Gasteiger partial charge < -0.3 is 14.9 Å². The summed E-state index contributed by atoms with van der Waals surface area (Å²) in [5, 5.41) is 19.4. The minimum Gasteiger partial charge on any atom is -0.506 e. The predicted octanol–water partition coefficient (Wildman–Crippen LogP) is 3.45. The smallest absolute Gasteiger partial charge is 0.343 e. The maximum Gasteiger partial charge on any atom is 0.343 e. The zero-order valence-corrected chi connectivity index (χ0v) is 14.6. The molecule has 1 aliphatic carbocycles. The van der Waals surface area contributed by atoms with E-state index in [1.165, 1.54) is 6.92 Å². The van der Waals surface area contributed by atoms with Gasteiger partial charge in [-0.15, -0.1) is 0 Å². The van der Waals surface area contributed by atoms with Gasteiger partial charge in [-0.3, -0.25) is 4.99 Å². The van der Waals surface area contributed by atoms with Gasteiger partial charge in [-0.25, -0.2) is 22.4 Å². The number of aliphatic imine (C=N–C) groups is 1. The predicted molar refractivity (Wildman–Crippen MR) is 89.2 cm³/mol. The molecule has 0 unspecified atom stereocenters. The van der Waals surface area contributed by atoms with E-state index in [1.807, 2.05) is 0 Å². The Labute approximate surface area is 153 Å². The average molecular weight is 389 g/mol. The summed E-state index contributed by atoms with van der Waals surface area (Å²) in [6.07, 6.45) is 3.37. The molecule has 2 N–H and O–H groups in total. The third-order valence-electron chi connectivity index (χ3n) is 4.44. The first-order valence-electron chi connectivity index (χ1n) is 8.36. The van der Waals surface area contributed by atoms with Gasteiger partial charge >= 0.3 is 5.97 Å². The van der Waals surface area contributed by atoms with Crippen LogP contribution in [0.2, 0.25) is 0 Å². The highest BCUT2D eigenvalue weighted by molar-refractivity contribution is 6.15. The van der Waals surface area contributed by atoms with Crippen LogP contribution >= 0.6 is 0 Å². The second kappa shape index (κ2) is 8.51. The van der Waals surface area contributed by atoms with E-state index in [0.717, 1.165) is 12.6 Å². The number of benzene rings is 1. The maximum atomic E-state index is 14.0. The average Bonchev–Trinajstić information content (AvgIpc) is 2.60. The Morgan fingerprint density at radius 3 is 2.44 bits per heavy atom. The lowest BCUT2D eigenvalue weighted by atomic mass is 9.75. The summed E-state index contributed by atoms with van der Waals surface area (Å²) >= 11 is 0. The largest absolute Gasteiger partial charge is 0.506 e. The van der Waals surface area contributed by atoms with Crippen LogP contribution < -0.4 is 0 Å². The van der Waals surface area contributed by atoms with Gasteiger partial charge in [0.15, 0.2) is 23.3 Å². The van der Waals surface area contributed by atoms with Gasteiger partial charge in [-0.05, 0) is 38.7 Å². The van der Waals surface area contributed by atoms with E-state index in [9.17, 15) is 27.5 Å². The van der Waals surface area contributed by atoms with Gasteiger partial charge in [0.05, 0.1) is 17.7 Å². The monoisotopic (exact) mass is 389 g/mol. The van der Waals surface area contributed by atoms with Crippen LogP contribution in [-0.2, 0) is 9.53 Å². The lowest BCUT2D eigenvalue weighted by molar-refractivity contribution is -0.137. The summed E-state index contributed by atoms with van der Waals surface area (Å²) in [5.74, 6) is -9.96. The SMILES string of the molecule is CCOC(=O)/C(C=NC1(CCO)CCC1)=C(\O)c1cc(F)c(F)c(F)c1F. The Kier molecular flexibility index (Phi) is 6.59. The van der Waals surface area contributed by atoms with Crippen molar-refractivity contribution in [2.75, 3.05) is 13.2 Å². The van der Waals surface area contributed by atoms with Crippen LogP contribution in [0.15, 0.2) is 16.6 Å². The molecule has 0 heterocycles. The van der Waals surface area contributed by atoms with E-state index in [0.29, 0.717) is 19.3 Å². The van der Waals surface area contributed by atoms with E-state index in [4.69, 9.17) is 9.84 Å². The molecule has 148 valence electrons. The molecule has 9 heteroatoms. The van der Waals surface area contributed by atoms with Gasteiger partial charge in [-0.2, -0.15) is 0 Å². The maximum absolute atomic E-state index is 14.0. The van der Waals surface area contributed by atoms with Crippen molar-refractivity contribution in [3.63, 3.8) is 0 Å². The zero-order chi connectivity index (χ0) is 20.2. The van der Waals surface area contributed by atoms with Gasteiger partial charge in [0.25, 0.3) is 0 Å². The van der Waals surface area contributed by atoms with Gasteiger partial charge in [0, 0.05) is 12.8 Å². The van der Waals surface area contributed by atoms with Crippen molar-refractivity contribution in [1.29, 1.82) is 0 Å². The number of esters is 1. The molecule has 1 aliphatic rings. The van der Waals surface area contributed by atoms with Crippen molar-refractivity contribution >= 4 is 17.9 Å². The number of carbonyl (C=O) groups is 1. The van der Waals surface area contributed by atoms with E-state index < -0.39 is 51.7 Å². The number of halogens is 4. The molecular formula is C18H19F4NO4. The van der Waals surface area contributed by atoms with Crippen molar-refractivity contribution in [2.45, 2.75) is 38.1 Å². The molecule has 0 aliphatic heterocycles. The van der Waals surface area contributed by atoms with Crippen LogP contribution in [0.3, 0.4) is 0 Å². The summed E-state index contributed by atoms with van der Waals surface area (Å²) in [4.78, 5) is 16.3. The Hall–Kier alpha value is -2.42. The van der Waals surface area contributed by atoms with E-state index in [-0.39, 0.29) is 19.3 Å². The third kappa shape index (κ3) is 4.29. The number of hydrogen-bond acceptors (Lipinski definition) is 5.